The molecule has 1 aliphatic heterocycles. The van der Waals surface area contributed by atoms with Crippen molar-refractivity contribution in [2.24, 2.45) is 4.99 Å². The summed E-state index contributed by atoms with van der Waals surface area (Å²) in [7, 11) is -0.00867. The van der Waals surface area contributed by atoms with Crippen molar-refractivity contribution < 1.29 is 0 Å². The van der Waals surface area contributed by atoms with Gasteiger partial charge in [0.15, 0.2) is 11.9 Å². The maximum absolute atomic E-state index is 8.58. The molecule has 0 bridgehead atoms. The number of amidine groups is 1. The summed E-state index contributed by atoms with van der Waals surface area (Å²) in [4.78, 5) is 12.8. The van der Waals surface area contributed by atoms with Gasteiger partial charge in [0, 0.05) is 6.20 Å². The zero-order chi connectivity index (χ0) is 11.4. The average Bonchev–Trinajstić information content (AvgIpc) is 2.70. The van der Waals surface area contributed by atoms with Crippen LogP contribution in [0.4, 0.5) is 0 Å². The number of nitriles is 1. The van der Waals surface area contributed by atoms with Gasteiger partial charge in [-0.3, -0.25) is 9.97 Å². The highest BCUT2D eigenvalue weighted by atomic mass is 32.2. The van der Waals surface area contributed by atoms with Crippen molar-refractivity contribution in [3.8, 4) is 6.19 Å². The van der Waals surface area contributed by atoms with Gasteiger partial charge < -0.3 is 0 Å². The SMILES string of the molecule is Cc1cnc(C[S+]2CCN=C2NC#N)cn1. The largest absolute Gasteiger partial charge is 0.327 e. The summed E-state index contributed by atoms with van der Waals surface area (Å²) in [6.07, 6.45) is 5.49. The Bertz CT molecular complexity index is 434. The van der Waals surface area contributed by atoms with Gasteiger partial charge in [0.1, 0.15) is 11.4 Å². The van der Waals surface area contributed by atoms with Crippen LogP contribution in [-0.2, 0) is 16.6 Å². The number of nitrogens with one attached hydrogen (secondary N) is 1. The number of nitrogens with zero attached hydrogens (tertiary/aromatic N) is 4. The van der Waals surface area contributed by atoms with Gasteiger partial charge in [0.25, 0.3) is 0 Å². The summed E-state index contributed by atoms with van der Waals surface area (Å²) in [5.41, 5.74) is 1.88. The number of hydrogen-bond donors (Lipinski definition) is 1. The lowest BCUT2D eigenvalue weighted by Gasteiger charge is -2.01. The minimum Gasteiger partial charge on any atom is -0.258 e. The summed E-state index contributed by atoms with van der Waals surface area (Å²) in [5.74, 6) is 1.82. The predicted molar refractivity (Wildman–Crippen MR) is 63.8 cm³/mol. The number of hydrogen-bond acceptors (Lipinski definition) is 5. The van der Waals surface area contributed by atoms with Gasteiger partial charge in [-0.25, -0.2) is 10.3 Å². The quantitative estimate of drug-likeness (QED) is 0.455. The first-order chi connectivity index (χ1) is 7.79. The van der Waals surface area contributed by atoms with E-state index in [0.717, 1.165) is 34.6 Å². The predicted octanol–water partition coefficient (Wildman–Crippen LogP) is 0.344. The van der Waals surface area contributed by atoms with Crippen molar-refractivity contribution in [2.75, 3.05) is 12.3 Å². The second kappa shape index (κ2) is 4.94. The molecule has 2 heterocycles. The average molecular weight is 234 g/mol. The van der Waals surface area contributed by atoms with Crippen molar-refractivity contribution in [1.82, 2.24) is 15.3 Å². The Labute approximate surface area is 97.0 Å². The zero-order valence-corrected chi connectivity index (χ0v) is 9.79. The Morgan fingerprint density at radius 1 is 1.50 bits per heavy atom. The molecule has 2 rings (SSSR count). The van der Waals surface area contributed by atoms with Crippen molar-refractivity contribution in [3.05, 3.63) is 23.8 Å². The van der Waals surface area contributed by atoms with Gasteiger partial charge in [-0.1, -0.05) is 0 Å². The molecule has 1 aliphatic rings. The van der Waals surface area contributed by atoms with Crippen LogP contribution in [0.15, 0.2) is 17.4 Å². The van der Waals surface area contributed by atoms with E-state index in [-0.39, 0.29) is 10.9 Å². The van der Waals surface area contributed by atoms with E-state index in [1.54, 1.807) is 12.4 Å². The normalized spacial score (nSPS) is 19.0. The molecule has 16 heavy (non-hydrogen) atoms. The van der Waals surface area contributed by atoms with Crippen LogP contribution in [0.3, 0.4) is 0 Å². The summed E-state index contributed by atoms with van der Waals surface area (Å²) in [6.45, 7) is 2.71. The highest BCUT2D eigenvalue weighted by Crippen LogP contribution is 2.12. The van der Waals surface area contributed by atoms with Gasteiger partial charge in [-0.2, -0.15) is 5.26 Å². The number of aromatic nitrogens is 2. The molecule has 82 valence electrons. The second-order valence-corrected chi connectivity index (χ2v) is 5.48. The topological polar surface area (TPSA) is 74.0 Å². The standard InChI is InChI=1S/C10H12N5S/c1-8-4-14-9(5-13-8)6-16-3-2-12-10(16)15-7-11/h4-5H,2-3,6H2,1H3,(H,12,15)/q+1. The molecule has 1 N–H and O–H groups in total. The molecule has 0 amide bonds. The molecule has 0 fully saturated rings. The molecule has 0 spiro atoms. The van der Waals surface area contributed by atoms with Crippen molar-refractivity contribution in [2.45, 2.75) is 12.7 Å². The van der Waals surface area contributed by atoms with Crippen LogP contribution < -0.4 is 5.32 Å². The molecule has 0 radical (unpaired) electrons. The Kier molecular flexibility index (Phi) is 3.37. The molecule has 1 aromatic heterocycles. The van der Waals surface area contributed by atoms with Crippen LogP contribution in [0.1, 0.15) is 11.4 Å². The molecular weight excluding hydrogens is 222 g/mol. The number of rotatable bonds is 2. The molecule has 1 unspecified atom stereocenters. The van der Waals surface area contributed by atoms with E-state index >= 15 is 0 Å². The first kappa shape index (κ1) is 10.9. The third-order valence-corrected chi connectivity index (χ3v) is 4.28. The lowest BCUT2D eigenvalue weighted by Crippen LogP contribution is -2.27. The van der Waals surface area contributed by atoms with Crippen molar-refractivity contribution in [3.63, 3.8) is 0 Å². The Morgan fingerprint density at radius 2 is 2.38 bits per heavy atom. The van der Waals surface area contributed by atoms with Crippen LogP contribution in [0, 0.1) is 18.4 Å². The molecule has 0 aromatic carbocycles. The summed E-state index contributed by atoms with van der Waals surface area (Å²) in [5, 5.41) is 12.0. The monoisotopic (exact) mass is 234 g/mol. The highest BCUT2D eigenvalue weighted by molar-refractivity contribution is 8.10. The zero-order valence-electron chi connectivity index (χ0n) is 8.97. The fourth-order valence-corrected chi connectivity index (χ4v) is 3.17. The lowest BCUT2D eigenvalue weighted by molar-refractivity contribution is 1.05. The Balaban J connectivity index is 2.02. The molecule has 5 nitrogen and oxygen atoms in total. The van der Waals surface area contributed by atoms with E-state index in [0.29, 0.717) is 0 Å². The fraction of sp³-hybridized carbons (Fsp3) is 0.400. The van der Waals surface area contributed by atoms with Crippen LogP contribution >= 0.6 is 0 Å². The summed E-state index contributed by atoms with van der Waals surface area (Å²) < 4.78 is 0. The first-order valence-electron chi connectivity index (χ1n) is 4.94. The van der Waals surface area contributed by atoms with Gasteiger partial charge in [-0.15, -0.1) is 0 Å². The van der Waals surface area contributed by atoms with E-state index in [2.05, 4.69) is 20.3 Å². The lowest BCUT2D eigenvalue weighted by atomic mass is 10.4. The van der Waals surface area contributed by atoms with Crippen LogP contribution in [0.2, 0.25) is 0 Å². The van der Waals surface area contributed by atoms with Gasteiger partial charge in [-0.05, 0) is 6.92 Å². The van der Waals surface area contributed by atoms with Gasteiger partial charge >= 0.3 is 5.17 Å². The third kappa shape index (κ3) is 2.49. The van der Waals surface area contributed by atoms with E-state index in [1.807, 2.05) is 13.1 Å². The third-order valence-electron chi connectivity index (χ3n) is 2.19. The molecule has 1 aromatic rings. The highest BCUT2D eigenvalue weighted by Gasteiger charge is 2.32. The van der Waals surface area contributed by atoms with Crippen molar-refractivity contribution in [1.29, 1.82) is 5.26 Å². The van der Waals surface area contributed by atoms with Crippen LogP contribution in [0.25, 0.3) is 0 Å². The first-order valence-corrected chi connectivity index (χ1v) is 6.50. The second-order valence-electron chi connectivity index (χ2n) is 3.41. The molecule has 1 atom stereocenters. The Hall–Kier alpha value is -1.61. The van der Waals surface area contributed by atoms with E-state index in [1.165, 1.54) is 0 Å². The van der Waals surface area contributed by atoms with E-state index in [4.69, 9.17) is 5.26 Å². The molecule has 0 saturated carbocycles. The fourth-order valence-electron chi connectivity index (χ4n) is 1.42. The summed E-state index contributed by atoms with van der Waals surface area (Å²) in [6, 6.07) is 0. The molecular formula is C10H12N5S+. The van der Waals surface area contributed by atoms with Crippen LogP contribution in [0.5, 0.6) is 0 Å². The van der Waals surface area contributed by atoms with Crippen LogP contribution in [-0.4, -0.2) is 27.4 Å². The van der Waals surface area contributed by atoms with Gasteiger partial charge in [0.05, 0.1) is 29.3 Å². The van der Waals surface area contributed by atoms with E-state index in [9.17, 15) is 0 Å². The Morgan fingerprint density at radius 3 is 3.06 bits per heavy atom. The minimum atomic E-state index is -0.00867. The maximum atomic E-state index is 8.58. The molecule has 6 heteroatoms. The van der Waals surface area contributed by atoms with Gasteiger partial charge in [0.2, 0.25) is 0 Å². The number of aliphatic imine (C=N–C) groups is 1. The summed E-state index contributed by atoms with van der Waals surface area (Å²) >= 11 is 0. The molecule has 0 saturated heterocycles. The minimum absolute atomic E-state index is 0.00867. The molecule has 0 aliphatic carbocycles. The van der Waals surface area contributed by atoms with E-state index < -0.39 is 0 Å². The maximum Gasteiger partial charge on any atom is 0.327 e. The number of aryl methyl sites for hydroxylation is 1. The van der Waals surface area contributed by atoms with Crippen molar-refractivity contribution >= 4 is 16.1 Å². The smallest absolute Gasteiger partial charge is 0.258 e.